The number of rotatable bonds is 8. The normalized spacial score (nSPS) is 20.4. The van der Waals surface area contributed by atoms with Crippen molar-refractivity contribution < 1.29 is 14.3 Å². The van der Waals surface area contributed by atoms with Crippen LogP contribution in [0.25, 0.3) is 0 Å². The van der Waals surface area contributed by atoms with Gasteiger partial charge in [-0.1, -0.05) is 18.2 Å². The predicted octanol–water partition coefficient (Wildman–Crippen LogP) is 1.71. The maximum absolute atomic E-state index is 12.5. The van der Waals surface area contributed by atoms with Crippen LogP contribution in [0.4, 0.5) is 0 Å². The van der Waals surface area contributed by atoms with Crippen LogP contribution in [0.2, 0.25) is 0 Å². The number of hydrogen-bond acceptors (Lipinski definition) is 5. The van der Waals surface area contributed by atoms with E-state index in [2.05, 4.69) is 16.7 Å². The highest BCUT2D eigenvalue weighted by Crippen LogP contribution is 2.12. The summed E-state index contributed by atoms with van der Waals surface area (Å²) in [6.45, 7) is 10.9. The van der Waals surface area contributed by atoms with E-state index in [4.69, 9.17) is 9.47 Å². The van der Waals surface area contributed by atoms with Crippen molar-refractivity contribution in [1.82, 2.24) is 14.7 Å². The van der Waals surface area contributed by atoms with Gasteiger partial charge >= 0.3 is 0 Å². The van der Waals surface area contributed by atoms with Gasteiger partial charge in [0.25, 0.3) is 0 Å². The molecule has 6 heteroatoms. The predicted molar refractivity (Wildman–Crippen MR) is 106 cm³/mol. The Hall–Kier alpha value is -1.63. The highest BCUT2D eigenvalue weighted by molar-refractivity contribution is 5.76. The number of piperazine rings is 1. The van der Waals surface area contributed by atoms with Crippen molar-refractivity contribution in [2.75, 3.05) is 65.6 Å². The molecule has 150 valence electrons. The molecule has 1 amide bonds. The van der Waals surface area contributed by atoms with Gasteiger partial charge in [0.1, 0.15) is 12.4 Å². The highest BCUT2D eigenvalue weighted by atomic mass is 16.5. The minimum atomic E-state index is 0.301. The van der Waals surface area contributed by atoms with E-state index in [9.17, 15) is 4.79 Å². The Morgan fingerprint density at radius 2 is 1.78 bits per heavy atom. The minimum absolute atomic E-state index is 0.301. The van der Waals surface area contributed by atoms with Crippen LogP contribution in [0.1, 0.15) is 19.8 Å². The smallest absolute Gasteiger partial charge is 0.222 e. The molecular formula is C21H33N3O3. The SMILES string of the molecule is C[C@H](CCC(=O)N1CCN(CCOc2ccccc2)CC1)N1CCOCC1. The van der Waals surface area contributed by atoms with E-state index >= 15 is 0 Å². The first kappa shape index (κ1) is 20.1. The van der Waals surface area contributed by atoms with E-state index in [0.29, 0.717) is 25.0 Å². The number of morpholine rings is 1. The summed E-state index contributed by atoms with van der Waals surface area (Å²) in [5.74, 6) is 1.22. The van der Waals surface area contributed by atoms with Crippen LogP contribution in [-0.2, 0) is 9.53 Å². The molecule has 0 spiro atoms. The van der Waals surface area contributed by atoms with E-state index < -0.39 is 0 Å². The maximum Gasteiger partial charge on any atom is 0.222 e. The second kappa shape index (κ2) is 10.6. The van der Waals surface area contributed by atoms with Gasteiger partial charge in [0, 0.05) is 58.3 Å². The lowest BCUT2D eigenvalue weighted by atomic mass is 10.1. The molecule has 1 aromatic carbocycles. The van der Waals surface area contributed by atoms with Crippen LogP contribution >= 0.6 is 0 Å². The third kappa shape index (κ3) is 6.48. The van der Waals surface area contributed by atoms with Crippen LogP contribution in [-0.4, -0.2) is 92.3 Å². The first-order valence-electron chi connectivity index (χ1n) is 10.2. The van der Waals surface area contributed by atoms with Gasteiger partial charge < -0.3 is 14.4 Å². The van der Waals surface area contributed by atoms with Gasteiger partial charge in [-0.3, -0.25) is 14.6 Å². The number of amides is 1. The zero-order valence-corrected chi connectivity index (χ0v) is 16.5. The third-order valence-corrected chi connectivity index (χ3v) is 5.59. The number of para-hydroxylation sites is 1. The molecule has 6 nitrogen and oxygen atoms in total. The molecule has 0 unspecified atom stereocenters. The van der Waals surface area contributed by atoms with Crippen molar-refractivity contribution >= 4 is 5.91 Å². The topological polar surface area (TPSA) is 45.2 Å². The molecular weight excluding hydrogens is 342 g/mol. The second-order valence-electron chi connectivity index (χ2n) is 7.42. The van der Waals surface area contributed by atoms with Crippen molar-refractivity contribution in [1.29, 1.82) is 0 Å². The van der Waals surface area contributed by atoms with Crippen LogP contribution < -0.4 is 4.74 Å². The largest absolute Gasteiger partial charge is 0.492 e. The molecule has 0 aliphatic carbocycles. The van der Waals surface area contributed by atoms with Crippen molar-refractivity contribution in [2.45, 2.75) is 25.8 Å². The molecule has 2 fully saturated rings. The van der Waals surface area contributed by atoms with Gasteiger partial charge in [0.15, 0.2) is 0 Å². The monoisotopic (exact) mass is 375 g/mol. The Kier molecular flexibility index (Phi) is 7.93. The van der Waals surface area contributed by atoms with E-state index in [0.717, 1.165) is 71.2 Å². The molecule has 2 heterocycles. The molecule has 0 radical (unpaired) electrons. The lowest BCUT2D eigenvalue weighted by molar-refractivity contribution is -0.133. The van der Waals surface area contributed by atoms with E-state index in [1.54, 1.807) is 0 Å². The number of benzene rings is 1. The molecule has 3 rings (SSSR count). The summed E-state index contributed by atoms with van der Waals surface area (Å²) >= 11 is 0. The number of ether oxygens (including phenoxy) is 2. The summed E-state index contributed by atoms with van der Waals surface area (Å²) < 4.78 is 11.2. The van der Waals surface area contributed by atoms with Crippen molar-refractivity contribution in [3.63, 3.8) is 0 Å². The zero-order valence-electron chi connectivity index (χ0n) is 16.5. The Morgan fingerprint density at radius 3 is 2.48 bits per heavy atom. The van der Waals surface area contributed by atoms with Gasteiger partial charge in [-0.25, -0.2) is 0 Å². The minimum Gasteiger partial charge on any atom is -0.492 e. The molecule has 2 saturated heterocycles. The summed E-state index contributed by atoms with van der Waals surface area (Å²) in [7, 11) is 0. The van der Waals surface area contributed by atoms with Gasteiger partial charge in [-0.2, -0.15) is 0 Å². The number of carbonyl (C=O) groups excluding carboxylic acids is 1. The Bertz CT molecular complexity index is 555. The standard InChI is InChI=1S/C21H33N3O3/c1-19(23-14-16-26-17-15-23)7-8-21(25)24-11-9-22(10-12-24)13-18-27-20-5-3-2-4-6-20/h2-6,19H,7-18H2,1H3/t19-/m1/s1. The Labute approximate surface area is 163 Å². The van der Waals surface area contributed by atoms with E-state index in [1.807, 2.05) is 35.2 Å². The Balaban J connectivity index is 1.29. The molecule has 27 heavy (non-hydrogen) atoms. The summed E-state index contributed by atoms with van der Waals surface area (Å²) in [6, 6.07) is 10.4. The molecule has 0 bridgehead atoms. The van der Waals surface area contributed by atoms with Crippen molar-refractivity contribution in [3.05, 3.63) is 30.3 Å². The first-order valence-corrected chi connectivity index (χ1v) is 10.2. The fourth-order valence-electron chi connectivity index (χ4n) is 3.72. The quantitative estimate of drug-likeness (QED) is 0.692. The summed E-state index contributed by atoms with van der Waals surface area (Å²) in [4.78, 5) is 19.4. The Morgan fingerprint density at radius 1 is 1.07 bits per heavy atom. The average molecular weight is 376 g/mol. The van der Waals surface area contributed by atoms with Crippen molar-refractivity contribution in [3.8, 4) is 5.75 Å². The van der Waals surface area contributed by atoms with Gasteiger partial charge in [-0.05, 0) is 25.5 Å². The maximum atomic E-state index is 12.5. The third-order valence-electron chi connectivity index (χ3n) is 5.59. The molecule has 0 saturated carbocycles. The van der Waals surface area contributed by atoms with E-state index in [1.165, 1.54) is 0 Å². The number of nitrogens with zero attached hydrogens (tertiary/aromatic N) is 3. The molecule has 0 N–H and O–H groups in total. The molecule has 1 atom stereocenters. The van der Waals surface area contributed by atoms with E-state index in [-0.39, 0.29) is 0 Å². The molecule has 1 aromatic rings. The number of carbonyl (C=O) groups is 1. The number of hydrogen-bond donors (Lipinski definition) is 0. The lowest BCUT2D eigenvalue weighted by Gasteiger charge is -2.35. The second-order valence-corrected chi connectivity index (χ2v) is 7.42. The first-order chi connectivity index (χ1) is 13.2. The van der Waals surface area contributed by atoms with Gasteiger partial charge in [0.2, 0.25) is 5.91 Å². The fraction of sp³-hybridized carbons (Fsp3) is 0.667. The summed E-state index contributed by atoms with van der Waals surface area (Å²) in [6.07, 6.45) is 1.58. The van der Waals surface area contributed by atoms with Gasteiger partial charge in [-0.15, -0.1) is 0 Å². The zero-order chi connectivity index (χ0) is 18.9. The van der Waals surface area contributed by atoms with Crippen LogP contribution in [0, 0.1) is 0 Å². The van der Waals surface area contributed by atoms with Crippen LogP contribution in [0.5, 0.6) is 5.75 Å². The summed E-state index contributed by atoms with van der Waals surface area (Å²) in [5.41, 5.74) is 0. The summed E-state index contributed by atoms with van der Waals surface area (Å²) in [5, 5.41) is 0. The van der Waals surface area contributed by atoms with Crippen LogP contribution in [0.3, 0.4) is 0 Å². The average Bonchev–Trinajstić information content (AvgIpc) is 2.73. The van der Waals surface area contributed by atoms with Gasteiger partial charge in [0.05, 0.1) is 13.2 Å². The fourth-order valence-corrected chi connectivity index (χ4v) is 3.72. The molecule has 2 aliphatic heterocycles. The lowest BCUT2D eigenvalue weighted by Crippen LogP contribution is -2.49. The molecule has 0 aromatic heterocycles. The van der Waals surface area contributed by atoms with Crippen molar-refractivity contribution in [2.24, 2.45) is 0 Å². The van der Waals surface area contributed by atoms with Crippen LogP contribution in [0.15, 0.2) is 30.3 Å². The molecule has 2 aliphatic rings. The highest BCUT2D eigenvalue weighted by Gasteiger charge is 2.23.